The van der Waals surface area contributed by atoms with Gasteiger partial charge < -0.3 is 15.0 Å². The number of ether oxygens (including phenoxy) is 1. The molecule has 0 aliphatic heterocycles. The van der Waals surface area contributed by atoms with Crippen LogP contribution >= 0.6 is 0 Å². The van der Waals surface area contributed by atoms with Gasteiger partial charge in [0.05, 0.1) is 18.6 Å². The fourth-order valence-electron chi connectivity index (χ4n) is 4.50. The smallest absolute Gasteiger partial charge is 0.244 e. The van der Waals surface area contributed by atoms with Crippen LogP contribution < -0.4 is 14.4 Å². The summed E-state index contributed by atoms with van der Waals surface area (Å²) < 4.78 is 32.9. The predicted molar refractivity (Wildman–Crippen MR) is 163 cm³/mol. The highest BCUT2D eigenvalue weighted by molar-refractivity contribution is 7.92. The number of rotatable bonds is 14. The highest BCUT2D eigenvalue weighted by atomic mass is 32.2. The summed E-state index contributed by atoms with van der Waals surface area (Å²) in [5, 5.41) is 3.04. The third kappa shape index (κ3) is 8.82. The van der Waals surface area contributed by atoms with Gasteiger partial charge in [0, 0.05) is 19.0 Å². The molecule has 0 aliphatic carbocycles. The minimum Gasteiger partial charge on any atom is -0.492 e. The Kier molecular flexibility index (Phi) is 11.3. The van der Waals surface area contributed by atoms with Crippen LogP contribution in [0, 0.1) is 6.92 Å². The second-order valence-corrected chi connectivity index (χ2v) is 12.0. The number of para-hydroxylation sites is 2. The Labute approximate surface area is 244 Å². The molecule has 3 aromatic rings. The Bertz CT molecular complexity index is 1410. The predicted octanol–water partition coefficient (Wildman–Crippen LogP) is 4.71. The zero-order chi connectivity index (χ0) is 30.0. The van der Waals surface area contributed by atoms with Crippen LogP contribution in [0.2, 0.25) is 0 Å². The molecule has 0 saturated carbocycles. The van der Waals surface area contributed by atoms with Crippen molar-refractivity contribution in [3.63, 3.8) is 0 Å². The van der Waals surface area contributed by atoms with Gasteiger partial charge in [-0.1, -0.05) is 73.7 Å². The van der Waals surface area contributed by atoms with Crippen molar-refractivity contribution >= 4 is 27.5 Å². The molecule has 9 heteroatoms. The lowest BCUT2D eigenvalue weighted by Gasteiger charge is -2.34. The summed E-state index contributed by atoms with van der Waals surface area (Å²) in [6.07, 6.45) is 2.06. The van der Waals surface area contributed by atoms with E-state index < -0.39 is 28.5 Å². The minimum absolute atomic E-state index is 0.0956. The second kappa shape index (κ2) is 14.7. The second-order valence-electron chi connectivity index (χ2n) is 10.1. The maximum atomic E-state index is 14.2. The van der Waals surface area contributed by atoms with Crippen molar-refractivity contribution in [2.24, 2.45) is 0 Å². The van der Waals surface area contributed by atoms with E-state index >= 15 is 0 Å². The number of hydrogen-bond acceptors (Lipinski definition) is 5. The van der Waals surface area contributed by atoms with Crippen molar-refractivity contribution < 1.29 is 22.7 Å². The summed E-state index contributed by atoms with van der Waals surface area (Å²) in [4.78, 5) is 29.5. The van der Waals surface area contributed by atoms with Crippen LogP contribution in [-0.4, -0.2) is 56.6 Å². The van der Waals surface area contributed by atoms with E-state index in [2.05, 4.69) is 5.32 Å². The molecule has 1 N–H and O–H groups in total. The number of aryl methyl sites for hydroxylation is 1. The van der Waals surface area contributed by atoms with Gasteiger partial charge in [0.25, 0.3) is 0 Å². The van der Waals surface area contributed by atoms with Crippen molar-refractivity contribution in [3.8, 4) is 5.75 Å². The van der Waals surface area contributed by atoms with Crippen molar-refractivity contribution in [2.45, 2.75) is 59.2 Å². The standard InChI is InChI=1S/C32H41N3O5S/c1-6-25(4)33-32(37)29(21-26-16-9-8-10-17-26)34(22-27-18-12-11-15-24(27)3)31(36)23-35(41(5,38)39)28-19-13-14-20-30(28)40-7-2/h8-20,25,29H,6-7,21-23H2,1-5H3,(H,33,37)/t25-,29+/m0/s1. The highest BCUT2D eigenvalue weighted by Gasteiger charge is 2.34. The number of nitrogens with zero attached hydrogens (tertiary/aromatic N) is 2. The monoisotopic (exact) mass is 579 g/mol. The highest BCUT2D eigenvalue weighted by Crippen LogP contribution is 2.30. The lowest BCUT2D eigenvalue weighted by Crippen LogP contribution is -2.54. The zero-order valence-electron chi connectivity index (χ0n) is 24.5. The minimum atomic E-state index is -3.89. The molecule has 2 atom stereocenters. The quantitative estimate of drug-likeness (QED) is 0.298. The molecule has 0 fully saturated rings. The van der Waals surface area contributed by atoms with Crippen LogP contribution in [0.1, 0.15) is 43.9 Å². The molecular formula is C32H41N3O5S. The van der Waals surface area contributed by atoms with E-state index in [-0.39, 0.29) is 30.6 Å². The number of hydrogen-bond donors (Lipinski definition) is 1. The number of anilines is 1. The first-order chi connectivity index (χ1) is 19.5. The van der Waals surface area contributed by atoms with Crippen molar-refractivity contribution in [2.75, 3.05) is 23.7 Å². The number of sulfonamides is 1. The Morgan fingerprint density at radius 1 is 0.927 bits per heavy atom. The maximum Gasteiger partial charge on any atom is 0.244 e. The number of nitrogens with one attached hydrogen (secondary N) is 1. The van der Waals surface area contributed by atoms with Crippen LogP contribution in [0.5, 0.6) is 5.75 Å². The zero-order valence-corrected chi connectivity index (χ0v) is 25.4. The molecule has 8 nitrogen and oxygen atoms in total. The molecule has 0 bridgehead atoms. The van der Waals surface area contributed by atoms with Crippen LogP contribution in [0.25, 0.3) is 0 Å². The molecule has 0 heterocycles. The molecule has 0 unspecified atom stereocenters. The molecule has 0 radical (unpaired) electrons. The first kappa shape index (κ1) is 31.7. The Morgan fingerprint density at radius 3 is 2.20 bits per heavy atom. The van der Waals surface area contributed by atoms with Gasteiger partial charge in [-0.25, -0.2) is 8.42 Å². The normalized spacial score (nSPS) is 12.7. The Morgan fingerprint density at radius 2 is 1.56 bits per heavy atom. The number of amides is 2. The Balaban J connectivity index is 2.09. The van der Waals surface area contributed by atoms with Crippen molar-refractivity contribution in [1.82, 2.24) is 10.2 Å². The summed E-state index contributed by atoms with van der Waals surface area (Å²) in [6.45, 7) is 7.63. The van der Waals surface area contributed by atoms with Crippen molar-refractivity contribution in [1.29, 1.82) is 0 Å². The maximum absolute atomic E-state index is 14.2. The van der Waals surface area contributed by atoms with Crippen LogP contribution in [-0.2, 0) is 32.6 Å². The van der Waals surface area contributed by atoms with Crippen LogP contribution in [0.3, 0.4) is 0 Å². The first-order valence-electron chi connectivity index (χ1n) is 13.9. The number of benzene rings is 3. The summed E-state index contributed by atoms with van der Waals surface area (Å²) in [7, 11) is -3.89. The van der Waals surface area contributed by atoms with Crippen LogP contribution in [0.4, 0.5) is 5.69 Å². The fourth-order valence-corrected chi connectivity index (χ4v) is 5.35. The van der Waals surface area contributed by atoms with Gasteiger partial charge in [0.15, 0.2) is 0 Å². The molecule has 3 rings (SSSR count). The summed E-state index contributed by atoms with van der Waals surface area (Å²) in [5.74, 6) is -0.426. The third-order valence-electron chi connectivity index (χ3n) is 6.99. The van der Waals surface area contributed by atoms with E-state index in [1.165, 1.54) is 4.90 Å². The fraction of sp³-hybridized carbons (Fsp3) is 0.375. The summed E-state index contributed by atoms with van der Waals surface area (Å²) in [5.41, 5.74) is 2.99. The van der Waals surface area contributed by atoms with E-state index in [0.29, 0.717) is 12.4 Å². The van der Waals surface area contributed by atoms with Gasteiger partial charge in [-0.3, -0.25) is 13.9 Å². The lowest BCUT2D eigenvalue weighted by atomic mass is 10.0. The van der Waals surface area contributed by atoms with E-state index in [0.717, 1.165) is 33.7 Å². The Hall–Kier alpha value is -3.85. The van der Waals surface area contributed by atoms with Crippen LogP contribution in [0.15, 0.2) is 78.9 Å². The van der Waals surface area contributed by atoms with Gasteiger partial charge in [0.1, 0.15) is 18.3 Å². The topological polar surface area (TPSA) is 96.0 Å². The lowest BCUT2D eigenvalue weighted by molar-refractivity contribution is -0.140. The molecule has 220 valence electrons. The molecule has 3 aromatic carbocycles. The van der Waals surface area contributed by atoms with Gasteiger partial charge in [0.2, 0.25) is 21.8 Å². The summed E-state index contributed by atoms with van der Waals surface area (Å²) >= 11 is 0. The largest absolute Gasteiger partial charge is 0.492 e. The van der Waals surface area contributed by atoms with Gasteiger partial charge in [-0.05, 0) is 56.0 Å². The van der Waals surface area contributed by atoms with Gasteiger partial charge in [-0.15, -0.1) is 0 Å². The first-order valence-corrected chi connectivity index (χ1v) is 15.8. The molecule has 0 aromatic heterocycles. The average Bonchev–Trinajstić information content (AvgIpc) is 2.95. The summed E-state index contributed by atoms with van der Waals surface area (Å²) in [6, 6.07) is 22.9. The molecule has 0 saturated heterocycles. The molecule has 0 aliphatic rings. The van der Waals surface area contributed by atoms with E-state index in [4.69, 9.17) is 4.74 Å². The van der Waals surface area contributed by atoms with Gasteiger partial charge >= 0.3 is 0 Å². The van der Waals surface area contributed by atoms with Gasteiger partial charge in [-0.2, -0.15) is 0 Å². The molecule has 0 spiro atoms. The van der Waals surface area contributed by atoms with E-state index in [1.807, 2.05) is 75.4 Å². The molecular weight excluding hydrogens is 538 g/mol. The number of carbonyl (C=O) groups excluding carboxylic acids is 2. The molecule has 41 heavy (non-hydrogen) atoms. The number of carbonyl (C=O) groups is 2. The third-order valence-corrected chi connectivity index (χ3v) is 8.11. The molecule has 2 amide bonds. The SMILES string of the molecule is CCOc1ccccc1N(CC(=O)N(Cc1ccccc1C)[C@H](Cc1ccccc1)C(=O)N[C@@H](C)CC)S(C)(=O)=O. The van der Waals surface area contributed by atoms with E-state index in [9.17, 15) is 18.0 Å². The van der Waals surface area contributed by atoms with E-state index in [1.54, 1.807) is 31.2 Å². The average molecular weight is 580 g/mol. The van der Waals surface area contributed by atoms with Crippen molar-refractivity contribution in [3.05, 3.63) is 95.6 Å².